The number of oxazole rings is 1. The number of nitrogens with one attached hydrogen (secondary N) is 2. The highest BCUT2D eigenvalue weighted by molar-refractivity contribution is 5.87. The summed E-state index contributed by atoms with van der Waals surface area (Å²) in [6, 6.07) is 9.32. The Kier molecular flexibility index (Phi) is 6.62. The predicted octanol–water partition coefficient (Wildman–Crippen LogP) is 3.26. The van der Waals surface area contributed by atoms with E-state index in [1.54, 1.807) is 6.26 Å². The van der Waals surface area contributed by atoms with Crippen molar-refractivity contribution in [3.05, 3.63) is 47.9 Å². The first-order chi connectivity index (χ1) is 11.2. The Bertz CT molecular complexity index is 598. The quantitative estimate of drug-likeness (QED) is 0.697. The van der Waals surface area contributed by atoms with Crippen LogP contribution in [-0.2, 0) is 6.42 Å². The molecule has 6 nitrogen and oxygen atoms in total. The number of amides is 2. The number of hydrogen-bond donors (Lipinski definition) is 3. The Morgan fingerprint density at radius 3 is 2.83 bits per heavy atom. The van der Waals surface area contributed by atoms with E-state index in [-0.39, 0.29) is 24.7 Å². The predicted molar refractivity (Wildman–Crippen MR) is 88.2 cm³/mol. The molecule has 0 spiro atoms. The van der Waals surface area contributed by atoms with E-state index in [2.05, 4.69) is 22.5 Å². The van der Waals surface area contributed by atoms with Crippen molar-refractivity contribution in [1.29, 1.82) is 0 Å². The molecule has 3 N–H and O–H groups in total. The van der Waals surface area contributed by atoms with Crippen LogP contribution in [-0.4, -0.2) is 22.7 Å². The van der Waals surface area contributed by atoms with Crippen LogP contribution in [0.1, 0.15) is 43.5 Å². The van der Waals surface area contributed by atoms with E-state index in [9.17, 15) is 4.79 Å². The number of anilines is 1. The van der Waals surface area contributed by atoms with Gasteiger partial charge in [0, 0.05) is 6.61 Å². The molecular weight excluding hydrogens is 294 g/mol. The highest BCUT2D eigenvalue weighted by Crippen LogP contribution is 2.18. The molecule has 0 aliphatic rings. The molecule has 124 valence electrons. The van der Waals surface area contributed by atoms with E-state index in [0.717, 1.165) is 24.1 Å². The Labute approximate surface area is 135 Å². The average Bonchev–Trinajstić information content (AvgIpc) is 2.99. The normalized spacial score (nSPS) is 11.9. The molecule has 0 bridgehead atoms. The number of carbonyl (C=O) groups is 1. The summed E-state index contributed by atoms with van der Waals surface area (Å²) in [5.74, 6) is 0. The molecule has 2 amide bonds. The molecule has 1 unspecified atom stereocenters. The summed E-state index contributed by atoms with van der Waals surface area (Å²) < 4.78 is 5.23. The zero-order chi connectivity index (χ0) is 16.5. The number of benzene rings is 1. The molecule has 1 aromatic heterocycles. The first-order valence-electron chi connectivity index (χ1n) is 7.90. The molecule has 2 aromatic rings. The molecule has 1 atom stereocenters. The third kappa shape index (κ3) is 5.41. The number of aryl methyl sites for hydroxylation is 1. The summed E-state index contributed by atoms with van der Waals surface area (Å²) in [5.41, 5.74) is 1.82. The SMILES string of the molecule is CCCc1coc(NC(=O)NC(CCCO)c2ccccc2)n1. The van der Waals surface area contributed by atoms with Gasteiger partial charge in [0.1, 0.15) is 6.26 Å². The summed E-state index contributed by atoms with van der Waals surface area (Å²) in [6.45, 7) is 2.15. The van der Waals surface area contributed by atoms with E-state index >= 15 is 0 Å². The van der Waals surface area contributed by atoms with Crippen molar-refractivity contribution >= 4 is 12.0 Å². The first-order valence-corrected chi connectivity index (χ1v) is 7.90. The van der Waals surface area contributed by atoms with Crippen LogP contribution in [0.3, 0.4) is 0 Å². The van der Waals surface area contributed by atoms with Crippen LogP contribution in [0.4, 0.5) is 10.8 Å². The van der Waals surface area contributed by atoms with Crippen molar-refractivity contribution in [2.24, 2.45) is 0 Å². The lowest BCUT2D eigenvalue weighted by atomic mass is 10.0. The third-order valence-electron chi connectivity index (χ3n) is 3.44. The number of nitrogens with zero attached hydrogens (tertiary/aromatic N) is 1. The van der Waals surface area contributed by atoms with E-state index in [4.69, 9.17) is 9.52 Å². The lowest BCUT2D eigenvalue weighted by molar-refractivity contribution is 0.243. The van der Waals surface area contributed by atoms with Crippen molar-refractivity contribution < 1.29 is 14.3 Å². The Morgan fingerprint density at radius 2 is 2.13 bits per heavy atom. The molecule has 0 fully saturated rings. The fraction of sp³-hybridized carbons (Fsp3) is 0.412. The lowest BCUT2D eigenvalue weighted by Crippen LogP contribution is -2.32. The Hall–Kier alpha value is -2.34. The first kappa shape index (κ1) is 17.0. The van der Waals surface area contributed by atoms with Gasteiger partial charge in [-0.3, -0.25) is 5.32 Å². The van der Waals surface area contributed by atoms with Crippen molar-refractivity contribution in [2.45, 2.75) is 38.6 Å². The van der Waals surface area contributed by atoms with Gasteiger partial charge in [-0.15, -0.1) is 0 Å². The molecule has 2 rings (SSSR count). The number of urea groups is 1. The van der Waals surface area contributed by atoms with Crippen molar-refractivity contribution in [3.63, 3.8) is 0 Å². The molecule has 23 heavy (non-hydrogen) atoms. The van der Waals surface area contributed by atoms with Crippen LogP contribution >= 0.6 is 0 Å². The monoisotopic (exact) mass is 317 g/mol. The number of aliphatic hydroxyl groups is 1. The standard InChI is InChI=1S/C17H23N3O3/c1-2-7-14-12-23-17(18-14)20-16(22)19-15(10-6-11-21)13-8-4-3-5-9-13/h3-5,8-9,12,15,21H,2,6-7,10-11H2,1H3,(H2,18,19,20,22). The zero-order valence-corrected chi connectivity index (χ0v) is 13.3. The molecule has 1 heterocycles. The molecule has 6 heteroatoms. The summed E-state index contributed by atoms with van der Waals surface area (Å²) in [4.78, 5) is 16.3. The molecule has 0 radical (unpaired) electrons. The van der Waals surface area contributed by atoms with Crippen LogP contribution in [0, 0.1) is 0 Å². The van der Waals surface area contributed by atoms with Gasteiger partial charge in [0.2, 0.25) is 0 Å². The van der Waals surface area contributed by atoms with Crippen LogP contribution in [0.2, 0.25) is 0 Å². The van der Waals surface area contributed by atoms with E-state index in [1.807, 2.05) is 30.3 Å². The van der Waals surface area contributed by atoms with Crippen LogP contribution in [0.5, 0.6) is 0 Å². The van der Waals surface area contributed by atoms with Gasteiger partial charge in [-0.25, -0.2) is 4.79 Å². The maximum absolute atomic E-state index is 12.1. The molecule has 0 aliphatic heterocycles. The number of aliphatic hydroxyl groups excluding tert-OH is 1. The fourth-order valence-corrected chi connectivity index (χ4v) is 2.33. The van der Waals surface area contributed by atoms with Crippen molar-refractivity contribution in [2.75, 3.05) is 11.9 Å². The van der Waals surface area contributed by atoms with Gasteiger partial charge < -0.3 is 14.8 Å². The van der Waals surface area contributed by atoms with E-state index in [0.29, 0.717) is 12.8 Å². The molecule has 0 saturated carbocycles. The second-order valence-electron chi connectivity index (χ2n) is 5.32. The second kappa shape index (κ2) is 8.95. The van der Waals surface area contributed by atoms with E-state index in [1.165, 1.54) is 0 Å². The minimum absolute atomic E-state index is 0.0900. The van der Waals surface area contributed by atoms with Gasteiger partial charge in [0.25, 0.3) is 0 Å². The molecule has 0 aliphatic carbocycles. The van der Waals surface area contributed by atoms with Crippen LogP contribution in [0.15, 0.2) is 41.0 Å². The fourth-order valence-electron chi connectivity index (χ4n) is 2.33. The van der Waals surface area contributed by atoms with Crippen molar-refractivity contribution in [1.82, 2.24) is 10.3 Å². The summed E-state index contributed by atoms with van der Waals surface area (Å²) in [5, 5.41) is 14.5. The van der Waals surface area contributed by atoms with Gasteiger partial charge >= 0.3 is 12.0 Å². The number of hydrogen-bond acceptors (Lipinski definition) is 4. The zero-order valence-electron chi connectivity index (χ0n) is 13.3. The van der Waals surface area contributed by atoms with E-state index < -0.39 is 0 Å². The largest absolute Gasteiger partial charge is 0.432 e. The number of carbonyl (C=O) groups excluding carboxylic acids is 1. The maximum Gasteiger partial charge on any atom is 0.323 e. The highest BCUT2D eigenvalue weighted by atomic mass is 16.4. The highest BCUT2D eigenvalue weighted by Gasteiger charge is 2.15. The minimum atomic E-state index is -0.373. The lowest BCUT2D eigenvalue weighted by Gasteiger charge is -2.18. The molecule has 1 aromatic carbocycles. The van der Waals surface area contributed by atoms with Gasteiger partial charge in [0.05, 0.1) is 11.7 Å². The van der Waals surface area contributed by atoms with Gasteiger partial charge in [0.15, 0.2) is 0 Å². The Balaban J connectivity index is 1.96. The summed E-state index contributed by atoms with van der Waals surface area (Å²) in [6.07, 6.45) is 4.60. The Morgan fingerprint density at radius 1 is 1.35 bits per heavy atom. The van der Waals surface area contributed by atoms with Crippen LogP contribution in [0.25, 0.3) is 0 Å². The van der Waals surface area contributed by atoms with Gasteiger partial charge in [-0.05, 0) is 24.8 Å². The maximum atomic E-state index is 12.1. The number of aromatic nitrogens is 1. The van der Waals surface area contributed by atoms with Crippen molar-refractivity contribution in [3.8, 4) is 0 Å². The average molecular weight is 317 g/mol. The topological polar surface area (TPSA) is 87.4 Å². The molecule has 0 saturated heterocycles. The minimum Gasteiger partial charge on any atom is -0.432 e. The second-order valence-corrected chi connectivity index (χ2v) is 5.32. The third-order valence-corrected chi connectivity index (χ3v) is 3.44. The number of rotatable bonds is 8. The van der Waals surface area contributed by atoms with Gasteiger partial charge in [-0.1, -0.05) is 43.7 Å². The van der Waals surface area contributed by atoms with Gasteiger partial charge in [-0.2, -0.15) is 4.98 Å². The summed E-state index contributed by atoms with van der Waals surface area (Å²) in [7, 11) is 0. The summed E-state index contributed by atoms with van der Waals surface area (Å²) >= 11 is 0. The smallest absolute Gasteiger partial charge is 0.323 e. The molecular formula is C17H23N3O3. The van der Waals surface area contributed by atoms with Crippen LogP contribution < -0.4 is 10.6 Å².